The van der Waals surface area contributed by atoms with Gasteiger partial charge in [0, 0.05) is 12.1 Å². The monoisotopic (exact) mass is 140 g/mol. The van der Waals surface area contributed by atoms with Crippen molar-refractivity contribution in [2.45, 2.75) is 44.1 Å². The molecule has 2 aliphatic rings. The van der Waals surface area contributed by atoms with Gasteiger partial charge in [-0.25, -0.2) is 0 Å². The Morgan fingerprint density at radius 1 is 0.900 bits per heavy atom. The molecule has 1 aliphatic heterocycles. The van der Waals surface area contributed by atoms with Crippen LogP contribution in [0.25, 0.3) is 0 Å². The molecule has 1 heterocycles. The highest BCUT2D eigenvalue weighted by molar-refractivity contribution is 4.95. The second kappa shape index (κ2) is 2.51. The summed E-state index contributed by atoms with van der Waals surface area (Å²) >= 11 is 0. The maximum atomic E-state index is 3.35. The largest absolute Gasteiger partial charge is 0.255 e. The Morgan fingerprint density at radius 3 is 1.90 bits per heavy atom. The molecule has 2 nitrogen and oxygen atoms in total. The molecule has 1 aliphatic carbocycles. The summed E-state index contributed by atoms with van der Waals surface area (Å²) in [6.07, 6.45) is 8.52. The molecule has 0 bridgehead atoms. The topological polar surface area (TPSA) is 24.1 Å². The van der Waals surface area contributed by atoms with E-state index in [9.17, 15) is 0 Å². The van der Waals surface area contributed by atoms with E-state index in [2.05, 4.69) is 10.9 Å². The van der Waals surface area contributed by atoms with Gasteiger partial charge in [0.1, 0.15) is 0 Å². The molecule has 0 atom stereocenters. The fourth-order valence-corrected chi connectivity index (χ4v) is 2.05. The van der Waals surface area contributed by atoms with E-state index < -0.39 is 0 Å². The zero-order valence-corrected chi connectivity index (χ0v) is 6.45. The van der Waals surface area contributed by atoms with Gasteiger partial charge in [-0.3, -0.25) is 10.9 Å². The molecule has 0 aromatic heterocycles. The summed E-state index contributed by atoms with van der Waals surface area (Å²) in [5, 5.41) is 0. The lowest BCUT2D eigenvalue weighted by Gasteiger charge is -2.43. The van der Waals surface area contributed by atoms with Gasteiger partial charge >= 0.3 is 0 Å². The Hall–Kier alpha value is -0.0800. The third kappa shape index (κ3) is 1.06. The average molecular weight is 140 g/mol. The number of hydrazine groups is 1. The highest BCUT2D eigenvalue weighted by atomic mass is 15.5. The molecule has 0 amide bonds. The summed E-state index contributed by atoms with van der Waals surface area (Å²) < 4.78 is 0. The van der Waals surface area contributed by atoms with Crippen molar-refractivity contribution in [1.82, 2.24) is 10.9 Å². The third-order valence-electron chi connectivity index (χ3n) is 2.84. The molecule has 0 radical (unpaired) electrons. The smallest absolute Gasteiger partial charge is 0.0461 e. The van der Waals surface area contributed by atoms with Crippen LogP contribution in [0.4, 0.5) is 0 Å². The minimum atomic E-state index is 0.524. The van der Waals surface area contributed by atoms with Gasteiger partial charge < -0.3 is 0 Å². The van der Waals surface area contributed by atoms with Crippen LogP contribution in [0.5, 0.6) is 0 Å². The van der Waals surface area contributed by atoms with E-state index in [0.717, 1.165) is 0 Å². The van der Waals surface area contributed by atoms with Crippen LogP contribution in [0.1, 0.15) is 38.5 Å². The molecule has 0 aromatic rings. The molecule has 10 heavy (non-hydrogen) atoms. The highest BCUT2D eigenvalue weighted by Gasteiger charge is 2.36. The zero-order chi connectivity index (χ0) is 6.86. The fourth-order valence-electron chi connectivity index (χ4n) is 2.05. The normalized spacial score (nSPS) is 31.2. The number of rotatable bonds is 0. The first-order valence-corrected chi connectivity index (χ1v) is 4.41. The Labute approximate surface area is 62.4 Å². The van der Waals surface area contributed by atoms with Crippen LogP contribution in [-0.4, -0.2) is 12.1 Å². The molecule has 1 spiro atoms. The number of hydrogen-bond donors (Lipinski definition) is 2. The van der Waals surface area contributed by atoms with Crippen LogP contribution in [0, 0.1) is 0 Å². The molecule has 2 rings (SSSR count). The predicted octanol–water partition coefficient (Wildman–Crippen LogP) is 1.19. The summed E-state index contributed by atoms with van der Waals surface area (Å²) in [5.41, 5.74) is 7.02. The van der Waals surface area contributed by atoms with Crippen LogP contribution in [0.3, 0.4) is 0 Å². The third-order valence-corrected chi connectivity index (χ3v) is 2.84. The van der Waals surface area contributed by atoms with E-state index in [4.69, 9.17) is 0 Å². The van der Waals surface area contributed by atoms with Gasteiger partial charge in [0.15, 0.2) is 0 Å². The van der Waals surface area contributed by atoms with E-state index in [0.29, 0.717) is 5.54 Å². The average Bonchev–Trinajstić information content (AvgIpc) is 2.08. The van der Waals surface area contributed by atoms with Crippen LogP contribution in [0.2, 0.25) is 0 Å². The second-order valence-corrected chi connectivity index (χ2v) is 3.67. The quantitative estimate of drug-likeness (QED) is 0.528. The van der Waals surface area contributed by atoms with Crippen molar-refractivity contribution in [3.63, 3.8) is 0 Å². The lowest BCUT2D eigenvalue weighted by Crippen LogP contribution is -2.69. The van der Waals surface area contributed by atoms with Crippen molar-refractivity contribution in [1.29, 1.82) is 0 Å². The van der Waals surface area contributed by atoms with Crippen LogP contribution in [0.15, 0.2) is 0 Å². The van der Waals surface area contributed by atoms with Gasteiger partial charge in [-0.2, -0.15) is 0 Å². The fraction of sp³-hybridized carbons (Fsp3) is 1.00. The van der Waals surface area contributed by atoms with Crippen molar-refractivity contribution in [3.8, 4) is 0 Å². The SMILES string of the molecule is C1CCCC2(CC1)CNN2. The van der Waals surface area contributed by atoms with Crippen molar-refractivity contribution >= 4 is 0 Å². The Balaban J connectivity index is 1.92. The molecular formula is C8H16N2. The number of nitrogens with one attached hydrogen (secondary N) is 2. The van der Waals surface area contributed by atoms with Crippen LogP contribution < -0.4 is 10.9 Å². The summed E-state index contributed by atoms with van der Waals surface area (Å²) in [6.45, 7) is 1.20. The second-order valence-electron chi connectivity index (χ2n) is 3.67. The molecule has 2 N–H and O–H groups in total. The summed E-state index contributed by atoms with van der Waals surface area (Å²) in [5.74, 6) is 0. The first-order valence-electron chi connectivity index (χ1n) is 4.41. The maximum Gasteiger partial charge on any atom is 0.0461 e. The Kier molecular flexibility index (Phi) is 1.66. The first kappa shape index (κ1) is 6.62. The first-order chi connectivity index (χ1) is 4.91. The predicted molar refractivity (Wildman–Crippen MR) is 41.6 cm³/mol. The lowest BCUT2D eigenvalue weighted by atomic mass is 9.88. The molecular weight excluding hydrogens is 124 g/mol. The van der Waals surface area contributed by atoms with Crippen molar-refractivity contribution < 1.29 is 0 Å². The molecule has 1 saturated carbocycles. The molecule has 2 heteroatoms. The van der Waals surface area contributed by atoms with Crippen molar-refractivity contribution in [2.75, 3.05) is 6.54 Å². The van der Waals surface area contributed by atoms with Crippen molar-refractivity contribution in [3.05, 3.63) is 0 Å². The van der Waals surface area contributed by atoms with E-state index >= 15 is 0 Å². The van der Waals surface area contributed by atoms with E-state index in [1.54, 1.807) is 0 Å². The van der Waals surface area contributed by atoms with Gasteiger partial charge in [-0.05, 0) is 12.8 Å². The minimum absolute atomic E-state index is 0.524. The minimum Gasteiger partial charge on any atom is -0.255 e. The van der Waals surface area contributed by atoms with E-state index in [1.165, 1.54) is 45.1 Å². The summed E-state index contributed by atoms with van der Waals surface area (Å²) in [6, 6.07) is 0. The van der Waals surface area contributed by atoms with Gasteiger partial charge in [-0.15, -0.1) is 0 Å². The molecule has 0 aromatic carbocycles. The molecule has 0 unspecified atom stereocenters. The van der Waals surface area contributed by atoms with E-state index in [-0.39, 0.29) is 0 Å². The maximum absolute atomic E-state index is 3.35. The zero-order valence-electron chi connectivity index (χ0n) is 6.45. The summed E-state index contributed by atoms with van der Waals surface area (Å²) in [4.78, 5) is 0. The standard InChI is InChI=1S/C8H16N2/c1-2-4-6-8(5-3-1)7-9-10-8/h9-10H,1-7H2. The van der Waals surface area contributed by atoms with Gasteiger partial charge in [-0.1, -0.05) is 25.7 Å². The molecule has 1 saturated heterocycles. The van der Waals surface area contributed by atoms with E-state index in [1.807, 2.05) is 0 Å². The van der Waals surface area contributed by atoms with Gasteiger partial charge in [0.2, 0.25) is 0 Å². The molecule has 2 fully saturated rings. The van der Waals surface area contributed by atoms with Gasteiger partial charge in [0.05, 0.1) is 0 Å². The van der Waals surface area contributed by atoms with Gasteiger partial charge in [0.25, 0.3) is 0 Å². The summed E-state index contributed by atoms with van der Waals surface area (Å²) in [7, 11) is 0. The van der Waals surface area contributed by atoms with Crippen molar-refractivity contribution in [2.24, 2.45) is 0 Å². The molecule has 58 valence electrons. The van der Waals surface area contributed by atoms with Crippen LogP contribution >= 0.6 is 0 Å². The number of hydrogen-bond acceptors (Lipinski definition) is 2. The highest BCUT2D eigenvalue weighted by Crippen LogP contribution is 2.28. The Bertz CT molecular complexity index is 108. The van der Waals surface area contributed by atoms with Crippen LogP contribution in [-0.2, 0) is 0 Å². The lowest BCUT2D eigenvalue weighted by molar-refractivity contribution is 0.139. The Morgan fingerprint density at radius 2 is 1.50 bits per heavy atom.